The molecular weight excluding hydrogens is 150 g/mol. The van der Waals surface area contributed by atoms with E-state index in [1.54, 1.807) is 0 Å². The molecule has 0 aliphatic heterocycles. The average molecular weight is 162 g/mol. The summed E-state index contributed by atoms with van der Waals surface area (Å²) >= 11 is 0. The number of para-hydroxylation sites is 1. The zero-order valence-corrected chi connectivity index (χ0v) is 7.13. The molecule has 0 atom stereocenters. The summed E-state index contributed by atoms with van der Waals surface area (Å²) in [5.74, 6) is -0.0516. The quantitative estimate of drug-likeness (QED) is 0.709. The van der Waals surface area contributed by atoms with Crippen molar-refractivity contribution in [3.63, 3.8) is 0 Å². The highest BCUT2D eigenvalue weighted by Crippen LogP contribution is 2.12. The minimum Gasteiger partial charge on any atom is -0.326 e. The molecule has 1 amide bonds. The Labute approximate surface area is 72.6 Å². The molecule has 1 N–H and O–H groups in total. The van der Waals surface area contributed by atoms with Crippen LogP contribution in [0.4, 0.5) is 5.69 Å². The van der Waals surface area contributed by atoms with Crippen molar-refractivity contribution in [1.82, 2.24) is 0 Å². The number of aryl methyl sites for hydroxylation is 1. The van der Waals surface area contributed by atoms with Crippen molar-refractivity contribution in [3.05, 3.63) is 36.8 Å². The molecule has 1 radical (unpaired) electrons. The molecule has 0 aliphatic carbocycles. The van der Waals surface area contributed by atoms with Gasteiger partial charge in [0, 0.05) is 12.1 Å². The molecule has 0 bridgehead atoms. The standard InChI is InChI=1S/C10H12NO/c1-3-10(12)11-9-7-5-4-6-8(9)2/h4-7H,1,3H2,2H3,(H,11,12). The van der Waals surface area contributed by atoms with Crippen LogP contribution < -0.4 is 5.32 Å². The van der Waals surface area contributed by atoms with E-state index in [9.17, 15) is 4.79 Å². The summed E-state index contributed by atoms with van der Waals surface area (Å²) in [4.78, 5) is 11.0. The van der Waals surface area contributed by atoms with Crippen molar-refractivity contribution in [3.8, 4) is 0 Å². The van der Waals surface area contributed by atoms with Crippen LogP contribution in [0.25, 0.3) is 0 Å². The van der Waals surface area contributed by atoms with Crippen LogP contribution in [0, 0.1) is 13.8 Å². The molecule has 0 spiro atoms. The molecule has 2 nitrogen and oxygen atoms in total. The monoisotopic (exact) mass is 162 g/mol. The second-order valence-corrected chi connectivity index (χ2v) is 2.61. The summed E-state index contributed by atoms with van der Waals surface area (Å²) in [6.45, 7) is 5.46. The lowest BCUT2D eigenvalue weighted by Crippen LogP contribution is -2.10. The van der Waals surface area contributed by atoms with Gasteiger partial charge in [-0.2, -0.15) is 0 Å². The van der Waals surface area contributed by atoms with Gasteiger partial charge in [0.05, 0.1) is 0 Å². The number of carbonyl (C=O) groups excluding carboxylic acids is 1. The van der Waals surface area contributed by atoms with Gasteiger partial charge in [0.1, 0.15) is 0 Å². The summed E-state index contributed by atoms with van der Waals surface area (Å²) in [5, 5.41) is 2.76. The van der Waals surface area contributed by atoms with Gasteiger partial charge < -0.3 is 5.32 Å². The maximum absolute atomic E-state index is 11.0. The maximum Gasteiger partial charge on any atom is 0.224 e. The van der Waals surface area contributed by atoms with Crippen LogP contribution in [0.2, 0.25) is 0 Å². The molecule has 0 unspecified atom stereocenters. The molecule has 0 aliphatic rings. The van der Waals surface area contributed by atoms with E-state index in [0.717, 1.165) is 11.3 Å². The Morgan fingerprint density at radius 1 is 1.50 bits per heavy atom. The van der Waals surface area contributed by atoms with Gasteiger partial charge in [-0.15, -0.1) is 0 Å². The first kappa shape index (κ1) is 8.78. The van der Waals surface area contributed by atoms with Gasteiger partial charge in [-0.3, -0.25) is 4.79 Å². The van der Waals surface area contributed by atoms with Crippen LogP contribution in [0.15, 0.2) is 24.3 Å². The van der Waals surface area contributed by atoms with Crippen molar-refractivity contribution < 1.29 is 4.79 Å². The van der Waals surface area contributed by atoms with E-state index in [0.29, 0.717) is 0 Å². The van der Waals surface area contributed by atoms with Gasteiger partial charge in [0.25, 0.3) is 0 Å². The lowest BCUT2D eigenvalue weighted by Gasteiger charge is -2.05. The third kappa shape index (κ3) is 2.09. The molecule has 63 valence electrons. The van der Waals surface area contributed by atoms with E-state index in [2.05, 4.69) is 12.2 Å². The second kappa shape index (κ2) is 3.90. The first-order chi connectivity index (χ1) is 5.74. The predicted molar refractivity (Wildman–Crippen MR) is 49.8 cm³/mol. The van der Waals surface area contributed by atoms with E-state index >= 15 is 0 Å². The SMILES string of the molecule is [CH2]CC(=O)Nc1ccccc1C. The number of benzene rings is 1. The summed E-state index contributed by atoms with van der Waals surface area (Å²) in [5.41, 5.74) is 1.94. The zero-order valence-electron chi connectivity index (χ0n) is 7.13. The number of rotatable bonds is 2. The van der Waals surface area contributed by atoms with Crippen LogP contribution >= 0.6 is 0 Å². The number of hydrogen-bond acceptors (Lipinski definition) is 1. The van der Waals surface area contributed by atoms with Crippen molar-refractivity contribution >= 4 is 11.6 Å². The van der Waals surface area contributed by atoms with Crippen molar-refractivity contribution in [1.29, 1.82) is 0 Å². The first-order valence-electron chi connectivity index (χ1n) is 3.89. The molecule has 12 heavy (non-hydrogen) atoms. The van der Waals surface area contributed by atoms with E-state index < -0.39 is 0 Å². The van der Waals surface area contributed by atoms with E-state index in [-0.39, 0.29) is 12.3 Å². The van der Waals surface area contributed by atoms with Crippen molar-refractivity contribution in [2.24, 2.45) is 0 Å². The normalized spacial score (nSPS) is 9.50. The Hall–Kier alpha value is -1.31. The fraction of sp³-hybridized carbons (Fsp3) is 0.200. The Balaban J connectivity index is 2.75. The van der Waals surface area contributed by atoms with Crippen LogP contribution in [0.1, 0.15) is 12.0 Å². The van der Waals surface area contributed by atoms with E-state index in [1.807, 2.05) is 31.2 Å². The van der Waals surface area contributed by atoms with Gasteiger partial charge in [0.15, 0.2) is 0 Å². The van der Waals surface area contributed by atoms with Crippen LogP contribution in [-0.4, -0.2) is 5.91 Å². The molecule has 0 saturated heterocycles. The Morgan fingerprint density at radius 3 is 2.75 bits per heavy atom. The minimum atomic E-state index is -0.0516. The maximum atomic E-state index is 11.0. The Kier molecular flexibility index (Phi) is 2.86. The van der Waals surface area contributed by atoms with Gasteiger partial charge >= 0.3 is 0 Å². The van der Waals surface area contributed by atoms with Crippen LogP contribution in [0.3, 0.4) is 0 Å². The highest BCUT2D eigenvalue weighted by molar-refractivity contribution is 5.91. The Bertz CT molecular complexity index is 281. The second-order valence-electron chi connectivity index (χ2n) is 2.61. The van der Waals surface area contributed by atoms with Crippen LogP contribution in [0.5, 0.6) is 0 Å². The highest BCUT2D eigenvalue weighted by Gasteiger charge is 1.99. The molecule has 2 heteroatoms. The fourth-order valence-electron chi connectivity index (χ4n) is 0.926. The third-order valence-electron chi connectivity index (χ3n) is 1.65. The van der Waals surface area contributed by atoms with E-state index in [4.69, 9.17) is 0 Å². The smallest absolute Gasteiger partial charge is 0.224 e. The third-order valence-corrected chi connectivity index (χ3v) is 1.65. The minimum absolute atomic E-state index is 0.0516. The molecule has 0 heterocycles. The largest absolute Gasteiger partial charge is 0.326 e. The number of amides is 1. The van der Waals surface area contributed by atoms with E-state index in [1.165, 1.54) is 0 Å². The molecule has 1 rings (SSSR count). The van der Waals surface area contributed by atoms with Gasteiger partial charge in [-0.05, 0) is 25.5 Å². The van der Waals surface area contributed by atoms with Crippen molar-refractivity contribution in [2.75, 3.05) is 5.32 Å². The molecule has 1 aromatic rings. The lowest BCUT2D eigenvalue weighted by molar-refractivity contribution is -0.115. The van der Waals surface area contributed by atoms with Crippen molar-refractivity contribution in [2.45, 2.75) is 13.3 Å². The molecule has 1 aromatic carbocycles. The topological polar surface area (TPSA) is 29.1 Å². The highest BCUT2D eigenvalue weighted by atomic mass is 16.1. The van der Waals surface area contributed by atoms with Crippen LogP contribution in [-0.2, 0) is 4.79 Å². The summed E-state index contributed by atoms with van der Waals surface area (Å²) < 4.78 is 0. The average Bonchev–Trinajstić information content (AvgIpc) is 2.09. The number of nitrogens with one attached hydrogen (secondary N) is 1. The molecule has 0 aromatic heterocycles. The zero-order chi connectivity index (χ0) is 8.97. The number of hydrogen-bond donors (Lipinski definition) is 1. The van der Waals surface area contributed by atoms with Gasteiger partial charge in [-0.25, -0.2) is 0 Å². The first-order valence-corrected chi connectivity index (χ1v) is 3.89. The summed E-state index contributed by atoms with van der Waals surface area (Å²) in [6.07, 6.45) is 0.272. The predicted octanol–water partition coefficient (Wildman–Crippen LogP) is 2.16. The Morgan fingerprint density at radius 2 is 2.17 bits per heavy atom. The summed E-state index contributed by atoms with van der Waals surface area (Å²) in [7, 11) is 0. The summed E-state index contributed by atoms with van der Waals surface area (Å²) in [6, 6.07) is 7.67. The van der Waals surface area contributed by atoms with Gasteiger partial charge in [0.2, 0.25) is 5.91 Å². The fourth-order valence-corrected chi connectivity index (χ4v) is 0.926. The van der Waals surface area contributed by atoms with Gasteiger partial charge in [-0.1, -0.05) is 18.2 Å². The molecule has 0 fully saturated rings. The number of carbonyl (C=O) groups is 1. The molecular formula is C10H12NO. The molecule has 0 saturated carbocycles. The lowest BCUT2D eigenvalue weighted by atomic mass is 10.2. The number of anilines is 1.